The van der Waals surface area contributed by atoms with Crippen LogP contribution >= 0.6 is 34.2 Å². The van der Waals surface area contributed by atoms with Crippen LogP contribution in [-0.2, 0) is 0 Å². The summed E-state index contributed by atoms with van der Waals surface area (Å²) in [6, 6.07) is 20.7. The number of ether oxygens (including phenoxy) is 1. The number of rotatable bonds is 5. The zero-order valence-electron chi connectivity index (χ0n) is 15.5. The number of hydrogen-bond donors (Lipinski definition) is 0. The van der Waals surface area contributed by atoms with E-state index in [2.05, 4.69) is 32.6 Å². The van der Waals surface area contributed by atoms with Crippen molar-refractivity contribution in [3.05, 3.63) is 86.4 Å². The van der Waals surface area contributed by atoms with Gasteiger partial charge in [-0.2, -0.15) is 9.97 Å². The van der Waals surface area contributed by atoms with Crippen molar-refractivity contribution in [2.45, 2.75) is 6.92 Å². The Kier molecular flexibility index (Phi) is 5.78. The van der Waals surface area contributed by atoms with Gasteiger partial charge in [-0.05, 0) is 84.1 Å². The summed E-state index contributed by atoms with van der Waals surface area (Å²) in [5, 5.41) is 1.38. The lowest BCUT2D eigenvalue weighted by molar-refractivity contribution is 0.103. The van der Waals surface area contributed by atoms with E-state index in [4.69, 9.17) is 16.3 Å². The lowest BCUT2D eigenvalue weighted by Crippen LogP contribution is -2.03. The van der Waals surface area contributed by atoms with Gasteiger partial charge >= 0.3 is 6.01 Å². The van der Waals surface area contributed by atoms with Crippen LogP contribution in [0.3, 0.4) is 0 Å². The molecule has 3 aromatic carbocycles. The summed E-state index contributed by atoms with van der Waals surface area (Å²) in [7, 11) is 0. The Bertz CT molecular complexity index is 1210. The van der Waals surface area contributed by atoms with Crippen LogP contribution in [0.4, 0.5) is 0 Å². The number of carbonyl (C=O) groups is 1. The Morgan fingerprint density at radius 2 is 1.76 bits per heavy atom. The van der Waals surface area contributed by atoms with E-state index >= 15 is 0 Å². The molecule has 0 spiro atoms. The average molecular weight is 515 g/mol. The molecule has 6 heteroatoms. The fourth-order valence-electron chi connectivity index (χ4n) is 3.07. The van der Waals surface area contributed by atoms with Gasteiger partial charge in [0.15, 0.2) is 5.78 Å². The zero-order chi connectivity index (χ0) is 20.4. The first-order chi connectivity index (χ1) is 14.0. The maximum atomic E-state index is 13.0. The second-order valence-corrected chi connectivity index (χ2v) is 8.05. The van der Waals surface area contributed by atoms with Gasteiger partial charge in [0.2, 0.25) is 0 Å². The second kappa shape index (κ2) is 8.47. The third-order valence-electron chi connectivity index (χ3n) is 4.42. The predicted octanol–water partition coefficient (Wildman–Crippen LogP) is 6.18. The summed E-state index contributed by atoms with van der Waals surface area (Å²) < 4.78 is 6.62. The van der Waals surface area contributed by atoms with E-state index in [9.17, 15) is 4.79 Å². The molecular formula is C23H16ClIN2O2. The number of hydrogen-bond acceptors (Lipinski definition) is 4. The highest BCUT2D eigenvalue weighted by Gasteiger charge is 2.15. The molecule has 0 radical (unpaired) electrons. The molecule has 4 nitrogen and oxygen atoms in total. The number of carbonyl (C=O) groups excluding carboxylic acids is 1. The van der Waals surface area contributed by atoms with Crippen LogP contribution in [0.5, 0.6) is 6.01 Å². The number of benzene rings is 3. The highest BCUT2D eigenvalue weighted by atomic mass is 127. The highest BCUT2D eigenvalue weighted by Crippen LogP contribution is 2.30. The summed E-state index contributed by atoms with van der Waals surface area (Å²) in [5.41, 5.74) is 3.44. The largest absolute Gasteiger partial charge is 0.464 e. The molecule has 0 amide bonds. The second-order valence-electron chi connectivity index (χ2n) is 6.37. The molecule has 1 aromatic heterocycles. The van der Waals surface area contributed by atoms with Crippen molar-refractivity contribution in [2.24, 2.45) is 0 Å². The number of ketones is 1. The summed E-state index contributed by atoms with van der Waals surface area (Å²) in [6.07, 6.45) is 0. The molecule has 0 aliphatic carbocycles. The van der Waals surface area contributed by atoms with E-state index in [1.54, 1.807) is 6.07 Å². The van der Waals surface area contributed by atoms with Crippen LogP contribution in [0.2, 0.25) is 5.02 Å². The van der Waals surface area contributed by atoms with Crippen molar-refractivity contribution in [2.75, 3.05) is 6.61 Å². The van der Waals surface area contributed by atoms with E-state index in [1.807, 2.05) is 67.6 Å². The molecule has 0 aliphatic heterocycles. The molecule has 4 rings (SSSR count). The molecule has 0 bridgehead atoms. The standard InChI is InChI=1S/C23H16ClIN2O2/c1-2-29-23-26-20-11-8-16(22(28)14-6-9-18(25)10-7-14)13-19(20)21(27-23)15-4-3-5-17(24)12-15/h3-13H,2H2,1H3. The topological polar surface area (TPSA) is 52.1 Å². The monoisotopic (exact) mass is 514 g/mol. The molecule has 0 unspecified atom stereocenters. The van der Waals surface area contributed by atoms with Crippen LogP contribution in [0.15, 0.2) is 66.7 Å². The molecule has 29 heavy (non-hydrogen) atoms. The summed E-state index contributed by atoms with van der Waals surface area (Å²) in [4.78, 5) is 22.0. The molecule has 1 heterocycles. The van der Waals surface area contributed by atoms with E-state index in [-0.39, 0.29) is 5.78 Å². The minimum Gasteiger partial charge on any atom is -0.464 e. The SMILES string of the molecule is CCOc1nc(-c2cccc(Cl)c2)c2cc(C(=O)c3ccc(I)cc3)ccc2n1. The van der Waals surface area contributed by atoms with Crippen molar-refractivity contribution >= 4 is 50.9 Å². The van der Waals surface area contributed by atoms with Gasteiger partial charge in [0.1, 0.15) is 0 Å². The average Bonchev–Trinajstić information content (AvgIpc) is 2.73. The van der Waals surface area contributed by atoms with Crippen molar-refractivity contribution in [1.29, 1.82) is 0 Å². The molecule has 0 N–H and O–H groups in total. The molecular weight excluding hydrogens is 499 g/mol. The normalized spacial score (nSPS) is 10.9. The maximum Gasteiger partial charge on any atom is 0.317 e. The molecule has 0 atom stereocenters. The first-order valence-electron chi connectivity index (χ1n) is 9.06. The fourth-order valence-corrected chi connectivity index (χ4v) is 3.62. The van der Waals surface area contributed by atoms with E-state index < -0.39 is 0 Å². The Morgan fingerprint density at radius 3 is 2.48 bits per heavy atom. The summed E-state index contributed by atoms with van der Waals surface area (Å²) in [6.45, 7) is 2.35. The summed E-state index contributed by atoms with van der Waals surface area (Å²) in [5.74, 6) is -0.0470. The van der Waals surface area contributed by atoms with Crippen LogP contribution in [-0.4, -0.2) is 22.4 Å². The number of fused-ring (bicyclic) bond motifs is 1. The van der Waals surface area contributed by atoms with Gasteiger partial charge in [-0.15, -0.1) is 0 Å². The smallest absolute Gasteiger partial charge is 0.317 e. The summed E-state index contributed by atoms with van der Waals surface area (Å²) >= 11 is 8.41. The molecule has 0 aliphatic rings. The zero-order valence-corrected chi connectivity index (χ0v) is 18.4. The Hall–Kier alpha value is -2.51. The quantitative estimate of drug-likeness (QED) is 0.236. The fraction of sp³-hybridized carbons (Fsp3) is 0.0870. The first-order valence-corrected chi connectivity index (χ1v) is 10.5. The molecule has 0 fully saturated rings. The molecule has 4 aromatic rings. The first kappa shape index (κ1) is 19.8. The van der Waals surface area contributed by atoms with Crippen LogP contribution in [0.25, 0.3) is 22.2 Å². The number of aromatic nitrogens is 2. The third-order valence-corrected chi connectivity index (χ3v) is 5.37. The van der Waals surface area contributed by atoms with E-state index in [1.165, 1.54) is 0 Å². The molecule has 0 saturated heterocycles. The molecule has 0 saturated carbocycles. The van der Waals surface area contributed by atoms with Crippen molar-refractivity contribution in [3.63, 3.8) is 0 Å². The Balaban J connectivity index is 1.88. The van der Waals surface area contributed by atoms with Crippen LogP contribution < -0.4 is 4.74 Å². The Morgan fingerprint density at radius 1 is 1.00 bits per heavy atom. The highest BCUT2D eigenvalue weighted by molar-refractivity contribution is 14.1. The van der Waals surface area contributed by atoms with Gasteiger partial charge < -0.3 is 4.74 Å². The molecule has 144 valence electrons. The van der Waals surface area contributed by atoms with Crippen molar-refractivity contribution < 1.29 is 9.53 Å². The van der Waals surface area contributed by atoms with Crippen molar-refractivity contribution in [3.8, 4) is 17.3 Å². The van der Waals surface area contributed by atoms with Gasteiger partial charge in [-0.1, -0.05) is 23.7 Å². The van der Waals surface area contributed by atoms with Gasteiger partial charge in [-0.25, -0.2) is 0 Å². The van der Waals surface area contributed by atoms with E-state index in [0.717, 1.165) is 14.5 Å². The van der Waals surface area contributed by atoms with Crippen LogP contribution in [0, 0.1) is 3.57 Å². The van der Waals surface area contributed by atoms with Gasteiger partial charge in [-0.3, -0.25) is 4.79 Å². The van der Waals surface area contributed by atoms with Gasteiger partial charge in [0, 0.05) is 30.7 Å². The minimum atomic E-state index is -0.0470. The van der Waals surface area contributed by atoms with Crippen LogP contribution in [0.1, 0.15) is 22.8 Å². The number of halogens is 2. The lowest BCUT2D eigenvalue weighted by atomic mass is 9.99. The lowest BCUT2D eigenvalue weighted by Gasteiger charge is -2.11. The van der Waals surface area contributed by atoms with E-state index in [0.29, 0.717) is 40.0 Å². The minimum absolute atomic E-state index is 0.0470. The third kappa shape index (κ3) is 4.26. The predicted molar refractivity (Wildman–Crippen MR) is 124 cm³/mol. The van der Waals surface area contributed by atoms with Crippen molar-refractivity contribution in [1.82, 2.24) is 9.97 Å². The Labute approximate surface area is 187 Å². The maximum absolute atomic E-state index is 13.0. The number of nitrogens with zero attached hydrogens (tertiary/aromatic N) is 2. The van der Waals surface area contributed by atoms with Gasteiger partial charge in [0.25, 0.3) is 0 Å². The van der Waals surface area contributed by atoms with Gasteiger partial charge in [0.05, 0.1) is 17.8 Å².